The lowest BCUT2D eigenvalue weighted by Gasteiger charge is -2.36. The summed E-state index contributed by atoms with van der Waals surface area (Å²) < 4.78 is 5.77. The number of ether oxygens (including phenoxy) is 1. The van der Waals surface area contributed by atoms with Gasteiger partial charge in [0.25, 0.3) is 5.91 Å². The van der Waals surface area contributed by atoms with Crippen molar-refractivity contribution < 1.29 is 9.53 Å². The zero-order valence-corrected chi connectivity index (χ0v) is 17.4. The lowest BCUT2D eigenvalue weighted by molar-refractivity contribution is -0.00546. The Morgan fingerprint density at radius 1 is 1.25 bits per heavy atom. The molecule has 0 aromatic carbocycles. The number of anilines is 1. The van der Waals surface area contributed by atoms with E-state index in [1.165, 1.54) is 11.3 Å². The maximum absolute atomic E-state index is 12.4. The Labute approximate surface area is 172 Å². The number of aromatic nitrogens is 2. The van der Waals surface area contributed by atoms with Gasteiger partial charge in [-0.25, -0.2) is 9.97 Å². The van der Waals surface area contributed by atoms with Crippen LogP contribution in [0.5, 0.6) is 0 Å². The van der Waals surface area contributed by atoms with Gasteiger partial charge in [-0.2, -0.15) is 0 Å². The van der Waals surface area contributed by atoms with Crippen molar-refractivity contribution in [3.8, 4) is 9.88 Å². The Kier molecular flexibility index (Phi) is 5.70. The summed E-state index contributed by atoms with van der Waals surface area (Å²) in [6.45, 7) is 6.26. The van der Waals surface area contributed by atoms with Crippen LogP contribution in [0.4, 0.5) is 5.82 Å². The molecule has 1 aliphatic heterocycles. The monoisotopic (exact) mass is 414 g/mol. The zero-order chi connectivity index (χ0) is 19.5. The van der Waals surface area contributed by atoms with Gasteiger partial charge < -0.3 is 15.0 Å². The number of hydrogen-bond donors (Lipinski definition) is 1. The molecule has 6 nitrogen and oxygen atoms in total. The van der Waals surface area contributed by atoms with Crippen molar-refractivity contribution in [2.75, 3.05) is 18.0 Å². The number of nitrogens with zero attached hydrogens (tertiary/aromatic N) is 3. The first-order chi connectivity index (χ1) is 13.6. The summed E-state index contributed by atoms with van der Waals surface area (Å²) in [6.07, 6.45) is 2.21. The van der Waals surface area contributed by atoms with Crippen molar-refractivity contribution in [1.29, 1.82) is 0 Å². The second kappa shape index (κ2) is 8.38. The molecule has 1 N–H and O–H groups in total. The van der Waals surface area contributed by atoms with Gasteiger partial charge in [0.2, 0.25) is 0 Å². The quantitative estimate of drug-likeness (QED) is 0.688. The highest BCUT2D eigenvalue weighted by molar-refractivity contribution is 7.20. The van der Waals surface area contributed by atoms with Gasteiger partial charge in [0.15, 0.2) is 0 Å². The van der Waals surface area contributed by atoms with Crippen molar-refractivity contribution in [2.24, 2.45) is 0 Å². The second-order valence-corrected chi connectivity index (χ2v) is 8.69. The second-order valence-electron chi connectivity index (χ2n) is 6.88. The molecule has 0 aliphatic carbocycles. The molecule has 1 amide bonds. The highest BCUT2D eigenvalue weighted by Gasteiger charge is 2.23. The van der Waals surface area contributed by atoms with E-state index in [-0.39, 0.29) is 18.1 Å². The van der Waals surface area contributed by atoms with E-state index in [1.807, 2.05) is 35.8 Å². The van der Waals surface area contributed by atoms with Crippen LogP contribution in [-0.2, 0) is 11.3 Å². The van der Waals surface area contributed by atoms with Crippen LogP contribution in [0.1, 0.15) is 29.9 Å². The Morgan fingerprint density at radius 3 is 2.75 bits per heavy atom. The molecule has 3 aromatic heterocycles. The zero-order valence-electron chi connectivity index (χ0n) is 15.8. The van der Waals surface area contributed by atoms with Gasteiger partial charge in [-0.1, -0.05) is 12.1 Å². The fourth-order valence-electron chi connectivity index (χ4n) is 3.24. The Bertz CT molecular complexity index is 914. The summed E-state index contributed by atoms with van der Waals surface area (Å²) >= 11 is 3.11. The first-order valence-corrected chi connectivity index (χ1v) is 11.0. The number of hydrogen-bond acceptors (Lipinski definition) is 7. The first-order valence-electron chi connectivity index (χ1n) is 9.21. The molecule has 1 aliphatic rings. The van der Waals surface area contributed by atoms with Crippen molar-refractivity contribution in [1.82, 2.24) is 15.3 Å². The van der Waals surface area contributed by atoms with Gasteiger partial charge in [-0.3, -0.25) is 4.79 Å². The molecule has 8 heteroatoms. The minimum absolute atomic E-state index is 0.168. The fraction of sp³-hybridized carbons (Fsp3) is 0.350. The maximum Gasteiger partial charge on any atom is 0.271 e. The number of pyridine rings is 1. The molecule has 4 heterocycles. The summed E-state index contributed by atoms with van der Waals surface area (Å²) in [4.78, 5) is 24.7. The molecule has 1 saturated heterocycles. The standard InChI is InChI=1S/C20H22N4O2S2/c1-13-10-24(11-14(2)26-13)18-6-5-15(8-21-18)9-22-19(25)16-12-28-20(23-16)17-4-3-7-27-17/h3-8,12-14H,9-11H2,1-2H3,(H,22,25)/t13-,14-/m0/s1. The largest absolute Gasteiger partial charge is 0.372 e. The number of thiazole rings is 1. The molecule has 1 fully saturated rings. The van der Waals surface area contributed by atoms with Crippen molar-refractivity contribution >= 4 is 34.4 Å². The lowest BCUT2D eigenvalue weighted by atomic mass is 10.2. The Hall–Kier alpha value is -2.29. The van der Waals surface area contributed by atoms with E-state index in [9.17, 15) is 4.79 Å². The molecule has 0 bridgehead atoms. The van der Waals surface area contributed by atoms with Crippen molar-refractivity contribution in [3.05, 3.63) is 52.5 Å². The summed E-state index contributed by atoms with van der Waals surface area (Å²) in [6, 6.07) is 8.00. The average Bonchev–Trinajstić information content (AvgIpc) is 3.37. The number of thiophene rings is 1. The summed E-state index contributed by atoms with van der Waals surface area (Å²) in [5, 5.41) is 7.60. The molecule has 0 spiro atoms. The number of rotatable bonds is 5. The van der Waals surface area contributed by atoms with Crippen molar-refractivity contribution in [3.63, 3.8) is 0 Å². The van der Waals surface area contributed by atoms with Crippen LogP contribution in [0.25, 0.3) is 9.88 Å². The third-order valence-corrected chi connectivity index (χ3v) is 6.36. The van der Waals surface area contributed by atoms with Gasteiger partial charge >= 0.3 is 0 Å². The van der Waals surface area contributed by atoms with Crippen LogP contribution in [0.2, 0.25) is 0 Å². The minimum Gasteiger partial charge on any atom is -0.372 e. The first kappa shape index (κ1) is 19.0. The van der Waals surface area contributed by atoms with Crippen LogP contribution in [-0.4, -0.2) is 41.2 Å². The van der Waals surface area contributed by atoms with E-state index in [2.05, 4.69) is 34.0 Å². The Balaban J connectivity index is 1.34. The van der Waals surface area contributed by atoms with Crippen LogP contribution in [0, 0.1) is 0 Å². The SMILES string of the molecule is C[C@H]1CN(c2ccc(CNC(=O)c3csc(-c4cccs4)n3)cn2)C[C@H](C)O1. The van der Waals surface area contributed by atoms with E-state index in [1.54, 1.807) is 16.7 Å². The van der Waals surface area contributed by atoms with Crippen LogP contribution >= 0.6 is 22.7 Å². The molecule has 0 saturated carbocycles. The summed E-state index contributed by atoms with van der Waals surface area (Å²) in [7, 11) is 0. The van der Waals surface area contributed by atoms with Crippen LogP contribution in [0.15, 0.2) is 41.2 Å². The van der Waals surface area contributed by atoms with Gasteiger partial charge in [-0.05, 0) is 36.9 Å². The molecule has 3 aromatic rings. The van der Waals surface area contributed by atoms with E-state index < -0.39 is 0 Å². The molecular weight excluding hydrogens is 392 g/mol. The Morgan fingerprint density at radius 2 is 2.07 bits per heavy atom. The highest BCUT2D eigenvalue weighted by Crippen LogP contribution is 2.27. The highest BCUT2D eigenvalue weighted by atomic mass is 32.1. The smallest absolute Gasteiger partial charge is 0.271 e. The number of carbonyl (C=O) groups excluding carboxylic acids is 1. The molecule has 4 rings (SSSR count). The lowest BCUT2D eigenvalue weighted by Crippen LogP contribution is -2.45. The molecular formula is C20H22N4O2S2. The third kappa shape index (κ3) is 4.40. The summed E-state index contributed by atoms with van der Waals surface area (Å²) in [5.41, 5.74) is 1.41. The predicted molar refractivity (Wildman–Crippen MR) is 113 cm³/mol. The average molecular weight is 415 g/mol. The molecule has 2 atom stereocenters. The molecule has 0 unspecified atom stereocenters. The molecule has 28 heavy (non-hydrogen) atoms. The maximum atomic E-state index is 12.4. The number of nitrogens with one attached hydrogen (secondary N) is 1. The van der Waals surface area contributed by atoms with Gasteiger partial charge in [0.05, 0.1) is 17.1 Å². The van der Waals surface area contributed by atoms with E-state index in [0.29, 0.717) is 12.2 Å². The topological polar surface area (TPSA) is 67.4 Å². The van der Waals surface area contributed by atoms with E-state index >= 15 is 0 Å². The number of morpholine rings is 1. The van der Waals surface area contributed by atoms with Crippen molar-refractivity contribution in [2.45, 2.75) is 32.6 Å². The van der Waals surface area contributed by atoms with Gasteiger partial charge in [0, 0.05) is 31.2 Å². The predicted octanol–water partition coefficient (Wildman–Crippen LogP) is 3.81. The van der Waals surface area contributed by atoms with E-state index in [0.717, 1.165) is 34.4 Å². The number of carbonyl (C=O) groups is 1. The molecule has 0 radical (unpaired) electrons. The van der Waals surface area contributed by atoms with Crippen LogP contribution < -0.4 is 10.2 Å². The van der Waals surface area contributed by atoms with Gasteiger partial charge in [-0.15, -0.1) is 22.7 Å². The van der Waals surface area contributed by atoms with Crippen LogP contribution in [0.3, 0.4) is 0 Å². The fourth-order valence-corrected chi connectivity index (χ4v) is 4.85. The minimum atomic E-state index is -0.168. The third-order valence-electron chi connectivity index (χ3n) is 4.47. The summed E-state index contributed by atoms with van der Waals surface area (Å²) in [5.74, 6) is 0.774. The van der Waals surface area contributed by atoms with E-state index in [4.69, 9.17) is 4.74 Å². The normalized spacial score (nSPS) is 19.6. The van der Waals surface area contributed by atoms with Gasteiger partial charge in [0.1, 0.15) is 16.5 Å². The molecule has 146 valence electrons. The number of amides is 1.